The number of rotatable bonds is 4. The fourth-order valence-electron chi connectivity index (χ4n) is 2.61. The van der Waals surface area contributed by atoms with E-state index in [1.54, 1.807) is 11.3 Å². The number of hydrogen-bond acceptors (Lipinski definition) is 4. The molecule has 0 aromatic carbocycles. The van der Waals surface area contributed by atoms with E-state index in [2.05, 4.69) is 20.6 Å². The van der Waals surface area contributed by atoms with Crippen molar-refractivity contribution >= 4 is 17.2 Å². The third-order valence-electron chi connectivity index (χ3n) is 3.93. The van der Waals surface area contributed by atoms with E-state index >= 15 is 0 Å². The molecule has 1 saturated carbocycles. The predicted octanol–water partition coefficient (Wildman–Crippen LogP) is 1.94. The molecular weight excluding hydrogens is 258 g/mol. The molecule has 5 heteroatoms. The Morgan fingerprint density at radius 2 is 2.16 bits per heavy atom. The van der Waals surface area contributed by atoms with Crippen LogP contribution in [0.25, 0.3) is 0 Å². The molecule has 1 aliphatic heterocycles. The molecule has 2 fully saturated rings. The largest absolute Gasteiger partial charge is 0.353 e. The van der Waals surface area contributed by atoms with Crippen LogP contribution in [0.1, 0.15) is 36.4 Å². The van der Waals surface area contributed by atoms with Crippen molar-refractivity contribution in [3.05, 3.63) is 16.1 Å². The number of aryl methyl sites for hydroxylation is 1. The Bertz CT molecular complexity index is 447. The number of nitrogens with one attached hydrogen (secondary N) is 1. The van der Waals surface area contributed by atoms with Gasteiger partial charge in [0.15, 0.2) is 0 Å². The van der Waals surface area contributed by atoms with E-state index in [-0.39, 0.29) is 11.8 Å². The third kappa shape index (κ3) is 3.54. The highest BCUT2D eigenvalue weighted by atomic mass is 32.1. The highest BCUT2D eigenvalue weighted by Crippen LogP contribution is 2.23. The van der Waals surface area contributed by atoms with Crippen molar-refractivity contribution in [1.82, 2.24) is 15.2 Å². The first-order valence-electron chi connectivity index (χ1n) is 7.14. The van der Waals surface area contributed by atoms with Crippen LogP contribution in [0, 0.1) is 12.8 Å². The van der Waals surface area contributed by atoms with Gasteiger partial charge in [-0.05, 0) is 45.7 Å². The zero-order valence-corrected chi connectivity index (χ0v) is 12.2. The molecule has 4 nitrogen and oxygen atoms in total. The van der Waals surface area contributed by atoms with Crippen LogP contribution >= 0.6 is 11.3 Å². The first-order chi connectivity index (χ1) is 9.20. The van der Waals surface area contributed by atoms with Gasteiger partial charge in [0.2, 0.25) is 5.91 Å². The fourth-order valence-corrected chi connectivity index (χ4v) is 3.21. The average molecular weight is 279 g/mol. The SMILES string of the molecule is Cc1nc(CN2CCC(C(=O)NC3CC3)CC2)cs1. The number of likely N-dealkylation sites (tertiary alicyclic amines) is 1. The summed E-state index contributed by atoms with van der Waals surface area (Å²) in [4.78, 5) is 18.9. The lowest BCUT2D eigenvalue weighted by molar-refractivity contribution is -0.126. The summed E-state index contributed by atoms with van der Waals surface area (Å²) >= 11 is 1.71. The van der Waals surface area contributed by atoms with Gasteiger partial charge < -0.3 is 5.32 Å². The molecule has 1 aromatic rings. The lowest BCUT2D eigenvalue weighted by Crippen LogP contribution is -2.40. The van der Waals surface area contributed by atoms with Crippen molar-refractivity contribution in [2.75, 3.05) is 13.1 Å². The Hall–Kier alpha value is -0.940. The van der Waals surface area contributed by atoms with E-state index in [4.69, 9.17) is 0 Å². The number of piperidine rings is 1. The molecule has 0 bridgehead atoms. The molecule has 0 atom stereocenters. The number of nitrogens with zero attached hydrogens (tertiary/aromatic N) is 2. The van der Waals surface area contributed by atoms with Crippen molar-refractivity contribution in [1.29, 1.82) is 0 Å². The summed E-state index contributed by atoms with van der Waals surface area (Å²) in [6.45, 7) is 5.00. The molecule has 2 heterocycles. The zero-order valence-electron chi connectivity index (χ0n) is 11.4. The van der Waals surface area contributed by atoms with Crippen LogP contribution in [0.4, 0.5) is 0 Å². The van der Waals surface area contributed by atoms with Gasteiger partial charge in [0, 0.05) is 23.9 Å². The topological polar surface area (TPSA) is 45.2 Å². The number of aromatic nitrogens is 1. The van der Waals surface area contributed by atoms with E-state index < -0.39 is 0 Å². The van der Waals surface area contributed by atoms with Gasteiger partial charge in [0.1, 0.15) is 0 Å². The van der Waals surface area contributed by atoms with E-state index in [1.165, 1.54) is 18.5 Å². The minimum Gasteiger partial charge on any atom is -0.353 e. The van der Waals surface area contributed by atoms with Gasteiger partial charge in [0.05, 0.1) is 10.7 Å². The molecule has 1 N–H and O–H groups in total. The Kier molecular flexibility index (Phi) is 3.84. The van der Waals surface area contributed by atoms with Crippen LogP contribution in [-0.4, -0.2) is 34.9 Å². The number of amides is 1. The number of thiazole rings is 1. The average Bonchev–Trinajstić information content (AvgIpc) is 3.12. The van der Waals surface area contributed by atoms with Gasteiger partial charge >= 0.3 is 0 Å². The van der Waals surface area contributed by atoms with Gasteiger partial charge in [0.25, 0.3) is 0 Å². The Labute approximate surface area is 118 Å². The van der Waals surface area contributed by atoms with E-state index in [1.807, 2.05) is 6.92 Å². The van der Waals surface area contributed by atoms with Gasteiger partial charge in [-0.2, -0.15) is 0 Å². The summed E-state index contributed by atoms with van der Waals surface area (Å²) in [6.07, 6.45) is 4.32. The van der Waals surface area contributed by atoms with Gasteiger partial charge in [-0.1, -0.05) is 0 Å². The predicted molar refractivity (Wildman–Crippen MR) is 76.0 cm³/mol. The van der Waals surface area contributed by atoms with E-state index in [0.29, 0.717) is 6.04 Å². The quantitative estimate of drug-likeness (QED) is 0.916. The second-order valence-corrected chi connectivity index (χ2v) is 6.75. The summed E-state index contributed by atoms with van der Waals surface area (Å²) in [7, 11) is 0. The fraction of sp³-hybridized carbons (Fsp3) is 0.714. The summed E-state index contributed by atoms with van der Waals surface area (Å²) < 4.78 is 0. The molecule has 1 aliphatic carbocycles. The minimum atomic E-state index is 0.231. The monoisotopic (exact) mass is 279 g/mol. The Morgan fingerprint density at radius 3 is 2.74 bits per heavy atom. The lowest BCUT2D eigenvalue weighted by atomic mass is 9.96. The van der Waals surface area contributed by atoms with Crippen molar-refractivity contribution in [3.8, 4) is 0 Å². The molecule has 0 radical (unpaired) electrons. The second-order valence-electron chi connectivity index (χ2n) is 5.69. The molecule has 3 rings (SSSR count). The summed E-state index contributed by atoms with van der Waals surface area (Å²) in [5.41, 5.74) is 1.17. The Morgan fingerprint density at radius 1 is 1.42 bits per heavy atom. The molecular formula is C14H21N3OS. The normalized spacial score (nSPS) is 21.5. The number of carbonyl (C=O) groups is 1. The first-order valence-corrected chi connectivity index (χ1v) is 8.02. The highest BCUT2D eigenvalue weighted by Gasteiger charge is 2.29. The van der Waals surface area contributed by atoms with Crippen LogP contribution in [0.15, 0.2) is 5.38 Å². The molecule has 1 saturated heterocycles. The lowest BCUT2D eigenvalue weighted by Gasteiger charge is -2.30. The van der Waals surface area contributed by atoms with Crippen LogP contribution in [0.3, 0.4) is 0 Å². The molecule has 1 amide bonds. The first kappa shape index (κ1) is 13.1. The zero-order chi connectivity index (χ0) is 13.2. The minimum absolute atomic E-state index is 0.231. The van der Waals surface area contributed by atoms with Crippen LogP contribution < -0.4 is 5.32 Å². The molecule has 19 heavy (non-hydrogen) atoms. The van der Waals surface area contributed by atoms with Crippen molar-refractivity contribution in [2.45, 2.75) is 45.2 Å². The smallest absolute Gasteiger partial charge is 0.223 e. The van der Waals surface area contributed by atoms with Crippen molar-refractivity contribution < 1.29 is 4.79 Å². The van der Waals surface area contributed by atoms with E-state index in [9.17, 15) is 4.79 Å². The third-order valence-corrected chi connectivity index (χ3v) is 4.76. The maximum Gasteiger partial charge on any atom is 0.223 e. The molecule has 0 spiro atoms. The second kappa shape index (κ2) is 5.59. The van der Waals surface area contributed by atoms with Crippen LogP contribution in [-0.2, 0) is 11.3 Å². The molecule has 104 valence electrons. The highest BCUT2D eigenvalue weighted by molar-refractivity contribution is 7.09. The van der Waals surface area contributed by atoms with Gasteiger partial charge in [-0.15, -0.1) is 11.3 Å². The molecule has 2 aliphatic rings. The molecule has 0 unspecified atom stereocenters. The van der Waals surface area contributed by atoms with Crippen LogP contribution in [0.5, 0.6) is 0 Å². The number of hydrogen-bond donors (Lipinski definition) is 1. The van der Waals surface area contributed by atoms with Crippen molar-refractivity contribution in [3.63, 3.8) is 0 Å². The van der Waals surface area contributed by atoms with E-state index in [0.717, 1.165) is 37.5 Å². The maximum atomic E-state index is 12.0. The summed E-state index contributed by atoms with van der Waals surface area (Å²) in [5.74, 6) is 0.515. The standard InChI is InChI=1S/C14H21N3OS/c1-10-15-13(9-19-10)8-17-6-4-11(5-7-17)14(18)16-12-2-3-12/h9,11-12H,2-8H2,1H3,(H,16,18). The van der Waals surface area contributed by atoms with Gasteiger partial charge in [-0.3, -0.25) is 9.69 Å². The Balaban J connectivity index is 1.44. The summed E-state index contributed by atoms with van der Waals surface area (Å²) in [5, 5.41) is 6.40. The maximum absolute atomic E-state index is 12.0. The summed E-state index contributed by atoms with van der Waals surface area (Å²) in [6, 6.07) is 0.489. The van der Waals surface area contributed by atoms with Crippen molar-refractivity contribution in [2.24, 2.45) is 5.92 Å². The van der Waals surface area contributed by atoms with Gasteiger partial charge in [-0.25, -0.2) is 4.98 Å². The van der Waals surface area contributed by atoms with Crippen LogP contribution in [0.2, 0.25) is 0 Å². The molecule has 1 aromatic heterocycles. The number of carbonyl (C=O) groups excluding carboxylic acids is 1.